The minimum Gasteiger partial charge on any atom is -0.476 e. The van der Waals surface area contributed by atoms with Gasteiger partial charge in [-0.3, -0.25) is 0 Å². The average Bonchev–Trinajstić information content (AvgIpc) is 3.80. The van der Waals surface area contributed by atoms with Crippen LogP contribution in [0.4, 0.5) is 8.78 Å². The van der Waals surface area contributed by atoms with E-state index >= 15 is 0 Å². The minimum absolute atomic E-state index is 0.0925. The summed E-state index contributed by atoms with van der Waals surface area (Å²) in [5.41, 5.74) is 3.86. The highest BCUT2D eigenvalue weighted by Gasteiger charge is 2.30. The summed E-state index contributed by atoms with van der Waals surface area (Å²) < 4.78 is 54.6. The maximum absolute atomic E-state index is 14.8. The van der Waals surface area contributed by atoms with Gasteiger partial charge in [0.2, 0.25) is 15.2 Å². The Morgan fingerprint density at radius 2 is 1.77 bits per heavy atom. The summed E-state index contributed by atoms with van der Waals surface area (Å²) in [7, 11) is -4.22. The van der Waals surface area contributed by atoms with Crippen LogP contribution in [-0.2, 0) is 29.3 Å². The van der Waals surface area contributed by atoms with Gasteiger partial charge < -0.3 is 5.11 Å². The van der Waals surface area contributed by atoms with Gasteiger partial charge in [0.25, 0.3) is 0 Å². The number of carboxylic acid groups (broad SMARTS) is 1. The summed E-state index contributed by atoms with van der Waals surface area (Å²) in [6.45, 7) is 0. The van der Waals surface area contributed by atoms with Gasteiger partial charge in [0.1, 0.15) is 16.5 Å². The topological polar surface area (TPSA) is 128 Å². The van der Waals surface area contributed by atoms with Crippen LogP contribution in [0.1, 0.15) is 58.6 Å². The monoisotopic (exact) mass is 584 g/mol. The van der Waals surface area contributed by atoms with Crippen LogP contribution in [0, 0.1) is 23.5 Å². The number of halogens is 2. The third kappa shape index (κ3) is 5.56. The van der Waals surface area contributed by atoms with E-state index in [4.69, 9.17) is 10.2 Å². The van der Waals surface area contributed by atoms with Crippen molar-refractivity contribution in [3.63, 3.8) is 0 Å². The van der Waals surface area contributed by atoms with Crippen LogP contribution in [0.15, 0.2) is 46.7 Å². The van der Waals surface area contributed by atoms with Crippen molar-refractivity contribution in [3.8, 4) is 16.4 Å². The van der Waals surface area contributed by atoms with Crippen molar-refractivity contribution in [2.24, 2.45) is 17.0 Å². The number of rotatable bonds is 10. The van der Waals surface area contributed by atoms with Crippen molar-refractivity contribution >= 4 is 27.3 Å². The number of benzene rings is 2. The first-order valence-corrected chi connectivity index (χ1v) is 15.4. The molecule has 3 N–H and O–H groups in total. The molecule has 0 unspecified atom stereocenters. The minimum atomic E-state index is -4.22. The van der Waals surface area contributed by atoms with Crippen molar-refractivity contribution in [2.45, 2.75) is 49.8 Å². The SMILES string of the molecule is NS(=O)(=O)c1ccc(Cc2c(-c3ccc(F)c(CC4CC4)c3)nn(-c3nc(C(=O)O)cs3)c2CC2CC2)cc1F. The third-order valence-corrected chi connectivity index (χ3v) is 9.13. The zero-order valence-electron chi connectivity index (χ0n) is 21.3. The Morgan fingerprint density at radius 1 is 1.05 bits per heavy atom. The number of hydrogen-bond donors (Lipinski definition) is 2. The fourth-order valence-electron chi connectivity index (χ4n) is 4.93. The highest BCUT2D eigenvalue weighted by atomic mass is 32.2. The standard InChI is InChI=1S/C28H26F2N4O4S2/c29-21-7-6-18(13-19(21)9-15-1-2-15)26-20(10-17-5-8-25(22(30)11-17)40(31,37)38)24(12-16-3-4-16)34(33-26)28-32-23(14-39-28)27(35)36/h5-8,11,13-16H,1-4,9-10,12H2,(H,35,36)(H2,31,37,38). The molecule has 2 fully saturated rings. The molecule has 12 heteroatoms. The summed E-state index contributed by atoms with van der Waals surface area (Å²) in [6, 6.07) is 8.72. The van der Waals surface area contributed by atoms with Gasteiger partial charge in [-0.1, -0.05) is 6.07 Å². The van der Waals surface area contributed by atoms with E-state index in [9.17, 15) is 27.1 Å². The number of primary sulfonamides is 1. The second-order valence-corrected chi connectivity index (χ2v) is 13.0. The molecule has 2 saturated carbocycles. The number of thiazole rings is 1. The van der Waals surface area contributed by atoms with Crippen LogP contribution in [0.2, 0.25) is 0 Å². The largest absolute Gasteiger partial charge is 0.476 e. The van der Waals surface area contributed by atoms with E-state index in [1.807, 2.05) is 0 Å². The molecule has 0 radical (unpaired) electrons. The molecule has 0 spiro atoms. The second kappa shape index (κ2) is 10.2. The van der Waals surface area contributed by atoms with Crippen LogP contribution in [-0.4, -0.2) is 34.3 Å². The fourth-order valence-corrected chi connectivity index (χ4v) is 6.29. The number of carboxylic acids is 1. The Hall–Kier alpha value is -3.48. The number of aromatic nitrogens is 3. The molecule has 4 aromatic rings. The molecule has 0 amide bonds. The lowest BCUT2D eigenvalue weighted by atomic mass is 9.95. The van der Waals surface area contributed by atoms with Gasteiger partial charge >= 0.3 is 5.97 Å². The lowest BCUT2D eigenvalue weighted by molar-refractivity contribution is 0.0691. The molecule has 0 bridgehead atoms. The normalized spacial score (nSPS) is 15.5. The van der Waals surface area contributed by atoms with Crippen LogP contribution in [0.3, 0.4) is 0 Å². The number of sulfonamides is 1. The summed E-state index contributed by atoms with van der Waals surface area (Å²) in [5.74, 6) is -1.48. The van der Waals surface area contributed by atoms with Gasteiger partial charge in [0.15, 0.2) is 5.69 Å². The summed E-state index contributed by atoms with van der Waals surface area (Å²) in [6.07, 6.45) is 5.73. The molecule has 2 aliphatic rings. The molecule has 0 aliphatic heterocycles. The maximum Gasteiger partial charge on any atom is 0.355 e. The van der Waals surface area contributed by atoms with Gasteiger partial charge in [-0.15, -0.1) is 11.3 Å². The third-order valence-electron chi connectivity index (χ3n) is 7.37. The van der Waals surface area contributed by atoms with Crippen LogP contribution >= 0.6 is 11.3 Å². The predicted molar refractivity (Wildman–Crippen MR) is 145 cm³/mol. The zero-order chi connectivity index (χ0) is 28.2. The molecule has 0 atom stereocenters. The molecular weight excluding hydrogens is 558 g/mol. The lowest BCUT2D eigenvalue weighted by Crippen LogP contribution is -2.14. The molecule has 2 heterocycles. The molecule has 0 saturated heterocycles. The molecule has 2 aromatic carbocycles. The van der Waals surface area contributed by atoms with Crippen LogP contribution < -0.4 is 5.14 Å². The average molecular weight is 585 g/mol. The summed E-state index contributed by atoms with van der Waals surface area (Å²) in [4.78, 5) is 15.2. The van der Waals surface area contributed by atoms with Gasteiger partial charge in [-0.05, 0) is 91.8 Å². The molecule has 40 heavy (non-hydrogen) atoms. The van der Waals surface area contributed by atoms with E-state index in [0.717, 1.165) is 60.4 Å². The van der Waals surface area contributed by atoms with Gasteiger partial charge in [-0.25, -0.2) is 36.8 Å². The first-order valence-electron chi connectivity index (χ1n) is 13.0. The van der Waals surface area contributed by atoms with Crippen molar-refractivity contribution in [2.75, 3.05) is 0 Å². The number of aromatic carboxylic acids is 1. The number of carbonyl (C=O) groups is 1. The Balaban J connectivity index is 1.50. The maximum atomic E-state index is 14.8. The number of nitrogens with zero attached hydrogens (tertiary/aromatic N) is 3. The van der Waals surface area contributed by atoms with Crippen LogP contribution in [0.5, 0.6) is 0 Å². The second-order valence-electron chi connectivity index (χ2n) is 10.6. The molecular formula is C28H26F2N4O4S2. The molecule has 208 valence electrons. The highest BCUT2D eigenvalue weighted by Crippen LogP contribution is 2.39. The molecule has 2 aromatic heterocycles. The number of hydrogen-bond acceptors (Lipinski definition) is 6. The summed E-state index contributed by atoms with van der Waals surface area (Å²) in [5, 5.41) is 21.3. The van der Waals surface area contributed by atoms with Gasteiger partial charge in [0.05, 0.1) is 11.4 Å². The first-order chi connectivity index (χ1) is 19.1. The Labute approximate surface area is 233 Å². The molecule has 6 rings (SSSR count). The van der Waals surface area contributed by atoms with Crippen molar-refractivity contribution in [1.29, 1.82) is 0 Å². The van der Waals surface area contributed by atoms with Crippen molar-refractivity contribution in [1.82, 2.24) is 14.8 Å². The van der Waals surface area contributed by atoms with E-state index < -0.39 is 26.7 Å². The lowest BCUT2D eigenvalue weighted by Gasteiger charge is -2.10. The Bertz CT molecular complexity index is 1740. The van der Waals surface area contributed by atoms with Crippen molar-refractivity contribution < 1.29 is 27.1 Å². The van der Waals surface area contributed by atoms with E-state index in [0.29, 0.717) is 52.2 Å². The first kappa shape index (κ1) is 26.7. The van der Waals surface area contributed by atoms with Crippen molar-refractivity contribution in [3.05, 3.63) is 81.5 Å². The smallest absolute Gasteiger partial charge is 0.355 e. The van der Waals surface area contributed by atoms with E-state index in [1.54, 1.807) is 16.8 Å². The fraction of sp³-hybridized carbons (Fsp3) is 0.321. The van der Waals surface area contributed by atoms with E-state index in [-0.39, 0.29) is 17.9 Å². The highest BCUT2D eigenvalue weighted by molar-refractivity contribution is 7.89. The summed E-state index contributed by atoms with van der Waals surface area (Å²) >= 11 is 1.15. The predicted octanol–water partition coefficient (Wildman–Crippen LogP) is 5.12. The Morgan fingerprint density at radius 3 is 2.40 bits per heavy atom. The number of nitrogens with two attached hydrogens (primary N) is 1. The van der Waals surface area contributed by atoms with E-state index in [1.165, 1.54) is 17.5 Å². The molecule has 2 aliphatic carbocycles. The van der Waals surface area contributed by atoms with Gasteiger partial charge in [0, 0.05) is 22.9 Å². The zero-order valence-corrected chi connectivity index (χ0v) is 22.9. The van der Waals surface area contributed by atoms with Crippen LogP contribution in [0.25, 0.3) is 16.4 Å². The quantitative estimate of drug-likeness (QED) is 0.266. The van der Waals surface area contributed by atoms with E-state index in [2.05, 4.69) is 4.98 Å². The Kier molecular flexibility index (Phi) is 6.79. The van der Waals surface area contributed by atoms with Gasteiger partial charge in [-0.2, -0.15) is 5.10 Å². The molecule has 8 nitrogen and oxygen atoms in total.